The highest BCUT2D eigenvalue weighted by atomic mass is 35.5. The van der Waals surface area contributed by atoms with Crippen LogP contribution in [0.5, 0.6) is 0 Å². The van der Waals surface area contributed by atoms with E-state index in [0.29, 0.717) is 11.8 Å². The lowest BCUT2D eigenvalue weighted by molar-refractivity contribution is 0.0911. The molecule has 116 valence electrons. The summed E-state index contributed by atoms with van der Waals surface area (Å²) in [5.74, 6) is 1.07. The van der Waals surface area contributed by atoms with Gasteiger partial charge in [0.15, 0.2) is 0 Å². The van der Waals surface area contributed by atoms with Crippen molar-refractivity contribution in [3.8, 4) is 0 Å². The Labute approximate surface area is 133 Å². The van der Waals surface area contributed by atoms with Gasteiger partial charge in [0.25, 0.3) is 5.91 Å². The second-order valence-electron chi connectivity index (χ2n) is 7.11. The number of hydrogen-bond acceptors (Lipinski definition) is 1. The first-order valence-electron chi connectivity index (χ1n) is 7.89. The van der Waals surface area contributed by atoms with Crippen molar-refractivity contribution in [3.05, 3.63) is 35.4 Å². The van der Waals surface area contributed by atoms with Crippen LogP contribution < -0.4 is 5.32 Å². The second-order valence-corrected chi connectivity index (χ2v) is 7.41. The molecule has 3 heteroatoms. The maximum atomic E-state index is 12.4. The predicted molar refractivity (Wildman–Crippen MR) is 89.1 cm³/mol. The van der Waals surface area contributed by atoms with E-state index in [0.717, 1.165) is 18.4 Å². The van der Waals surface area contributed by atoms with Gasteiger partial charge < -0.3 is 5.32 Å². The van der Waals surface area contributed by atoms with Crippen molar-refractivity contribution >= 4 is 17.5 Å². The van der Waals surface area contributed by atoms with Crippen molar-refractivity contribution in [2.75, 3.05) is 5.88 Å². The molecule has 2 nitrogen and oxygen atoms in total. The molecule has 0 heterocycles. The molecule has 1 fully saturated rings. The van der Waals surface area contributed by atoms with E-state index in [1.165, 1.54) is 18.4 Å². The van der Waals surface area contributed by atoms with Gasteiger partial charge in [0, 0.05) is 17.5 Å². The van der Waals surface area contributed by atoms with Gasteiger partial charge in [-0.1, -0.05) is 45.7 Å². The Kier molecular flexibility index (Phi) is 5.32. The molecule has 1 aromatic carbocycles. The highest BCUT2D eigenvalue weighted by Gasteiger charge is 2.26. The summed E-state index contributed by atoms with van der Waals surface area (Å²) in [4.78, 5) is 12.4. The molecule has 21 heavy (non-hydrogen) atoms. The van der Waals surface area contributed by atoms with E-state index in [4.69, 9.17) is 11.6 Å². The molecule has 1 aliphatic carbocycles. The van der Waals surface area contributed by atoms with E-state index in [1.807, 2.05) is 12.1 Å². The molecule has 1 aliphatic rings. The third-order valence-electron chi connectivity index (χ3n) is 4.44. The first kappa shape index (κ1) is 16.4. The zero-order valence-corrected chi connectivity index (χ0v) is 14.0. The van der Waals surface area contributed by atoms with Gasteiger partial charge in [-0.3, -0.25) is 4.79 Å². The summed E-state index contributed by atoms with van der Waals surface area (Å²) in [6.45, 7) is 6.53. The monoisotopic (exact) mass is 307 g/mol. The number of hydrogen-bond donors (Lipinski definition) is 1. The summed E-state index contributed by atoms with van der Waals surface area (Å²) in [6, 6.07) is 8.18. The van der Waals surface area contributed by atoms with Crippen LogP contribution in [0.15, 0.2) is 24.3 Å². The highest BCUT2D eigenvalue weighted by Crippen LogP contribution is 2.26. The number of rotatable bonds is 3. The maximum absolute atomic E-state index is 12.4. The van der Waals surface area contributed by atoms with Crippen LogP contribution in [0.4, 0.5) is 0 Å². The molecule has 0 bridgehead atoms. The van der Waals surface area contributed by atoms with Crippen molar-refractivity contribution in [3.63, 3.8) is 0 Å². The number of amides is 1. The highest BCUT2D eigenvalue weighted by molar-refractivity contribution is 6.18. The molecular weight excluding hydrogens is 282 g/mol. The molecule has 0 aromatic heterocycles. The minimum atomic E-state index is 0.0254. The van der Waals surface area contributed by atoms with Gasteiger partial charge in [0.2, 0.25) is 0 Å². The smallest absolute Gasteiger partial charge is 0.251 e. The fourth-order valence-corrected chi connectivity index (χ4v) is 3.33. The number of benzene rings is 1. The Morgan fingerprint density at radius 1 is 1.19 bits per heavy atom. The Balaban J connectivity index is 2.03. The summed E-state index contributed by atoms with van der Waals surface area (Å²) in [7, 11) is 0. The molecule has 0 aliphatic heterocycles. The average Bonchev–Trinajstić information content (AvgIpc) is 2.47. The normalized spacial score (nSPS) is 22.9. The van der Waals surface area contributed by atoms with Gasteiger partial charge in [-0.2, -0.15) is 0 Å². The third kappa shape index (κ3) is 4.23. The lowest BCUT2D eigenvalue weighted by Crippen LogP contribution is -2.42. The lowest BCUT2D eigenvalue weighted by atomic mass is 9.85. The standard InChI is InChI=1S/C18H26ClNO/c1-18(2,3)15-10-8-13(9-11-15)17(21)20-16-7-5-4-6-14(16)12-19/h8-11,14,16H,4-7,12H2,1-3H3,(H,20,21). The van der Waals surface area contributed by atoms with E-state index in [2.05, 4.69) is 38.2 Å². The minimum Gasteiger partial charge on any atom is -0.349 e. The van der Waals surface area contributed by atoms with Crippen molar-refractivity contribution in [2.45, 2.75) is 57.9 Å². The number of halogens is 1. The first-order valence-corrected chi connectivity index (χ1v) is 8.42. The van der Waals surface area contributed by atoms with Crippen molar-refractivity contribution in [1.82, 2.24) is 5.32 Å². The fraction of sp³-hybridized carbons (Fsp3) is 0.611. The van der Waals surface area contributed by atoms with Gasteiger partial charge in [0.05, 0.1) is 0 Å². The van der Waals surface area contributed by atoms with Gasteiger partial charge in [-0.05, 0) is 41.9 Å². The second kappa shape index (κ2) is 6.83. The Morgan fingerprint density at radius 2 is 1.81 bits per heavy atom. The summed E-state index contributed by atoms with van der Waals surface area (Å²) in [6.07, 6.45) is 4.58. The molecule has 0 saturated heterocycles. The first-order chi connectivity index (χ1) is 9.91. The average molecular weight is 308 g/mol. The van der Waals surface area contributed by atoms with Crippen LogP contribution in [0.2, 0.25) is 0 Å². The van der Waals surface area contributed by atoms with Gasteiger partial charge >= 0.3 is 0 Å². The summed E-state index contributed by atoms with van der Waals surface area (Å²) in [5.41, 5.74) is 2.10. The molecule has 2 rings (SSSR count). The molecule has 0 spiro atoms. The molecule has 0 radical (unpaired) electrons. The molecule has 1 N–H and O–H groups in total. The molecule has 2 unspecified atom stereocenters. The maximum Gasteiger partial charge on any atom is 0.251 e. The summed E-state index contributed by atoms with van der Waals surface area (Å²) >= 11 is 6.02. The lowest BCUT2D eigenvalue weighted by Gasteiger charge is -2.30. The topological polar surface area (TPSA) is 29.1 Å². The van der Waals surface area contributed by atoms with Crippen LogP contribution in [0, 0.1) is 5.92 Å². The van der Waals surface area contributed by atoms with E-state index >= 15 is 0 Å². The van der Waals surface area contributed by atoms with Crippen LogP contribution in [0.1, 0.15) is 62.4 Å². The van der Waals surface area contributed by atoms with E-state index in [-0.39, 0.29) is 17.4 Å². The SMILES string of the molecule is CC(C)(C)c1ccc(C(=O)NC2CCCCC2CCl)cc1. The predicted octanol–water partition coefficient (Wildman–Crippen LogP) is 4.51. The summed E-state index contributed by atoms with van der Waals surface area (Å²) < 4.78 is 0. The molecule has 2 atom stereocenters. The molecular formula is C18H26ClNO. The van der Waals surface area contributed by atoms with E-state index < -0.39 is 0 Å². The quantitative estimate of drug-likeness (QED) is 0.818. The number of carbonyl (C=O) groups excluding carboxylic acids is 1. The van der Waals surface area contributed by atoms with Crippen molar-refractivity contribution < 1.29 is 4.79 Å². The van der Waals surface area contributed by atoms with Crippen LogP contribution >= 0.6 is 11.6 Å². The Bertz CT molecular complexity index is 475. The molecule has 1 aromatic rings. The number of carbonyl (C=O) groups is 1. The van der Waals surface area contributed by atoms with Crippen molar-refractivity contribution in [1.29, 1.82) is 0 Å². The number of alkyl halides is 1. The molecule has 1 saturated carbocycles. The van der Waals surface area contributed by atoms with Crippen LogP contribution in [-0.4, -0.2) is 17.8 Å². The zero-order chi connectivity index (χ0) is 15.5. The van der Waals surface area contributed by atoms with Gasteiger partial charge in [-0.15, -0.1) is 11.6 Å². The summed E-state index contributed by atoms with van der Waals surface area (Å²) in [5, 5.41) is 3.17. The Hall–Kier alpha value is -1.02. The zero-order valence-electron chi connectivity index (χ0n) is 13.3. The van der Waals surface area contributed by atoms with Crippen LogP contribution in [-0.2, 0) is 5.41 Å². The van der Waals surface area contributed by atoms with Crippen LogP contribution in [0.25, 0.3) is 0 Å². The Morgan fingerprint density at radius 3 is 2.38 bits per heavy atom. The third-order valence-corrected chi connectivity index (χ3v) is 4.83. The van der Waals surface area contributed by atoms with Crippen molar-refractivity contribution in [2.24, 2.45) is 5.92 Å². The number of nitrogens with one attached hydrogen (secondary N) is 1. The minimum absolute atomic E-state index is 0.0254. The van der Waals surface area contributed by atoms with E-state index in [1.54, 1.807) is 0 Å². The molecule has 1 amide bonds. The fourth-order valence-electron chi connectivity index (χ4n) is 2.96. The largest absolute Gasteiger partial charge is 0.349 e. The van der Waals surface area contributed by atoms with Crippen LogP contribution in [0.3, 0.4) is 0 Å². The van der Waals surface area contributed by atoms with E-state index in [9.17, 15) is 4.79 Å². The van der Waals surface area contributed by atoms with Gasteiger partial charge in [0.1, 0.15) is 0 Å². The van der Waals surface area contributed by atoms with Gasteiger partial charge in [-0.25, -0.2) is 0 Å².